The number of quaternary nitrogens is 1. The molecule has 0 aromatic carbocycles. The molecule has 0 aromatic rings. The van der Waals surface area contributed by atoms with E-state index in [1.54, 1.807) is 0 Å². The van der Waals surface area contributed by atoms with Gasteiger partial charge in [0.15, 0.2) is 0 Å². The lowest BCUT2D eigenvalue weighted by atomic mass is 9.99. The molecule has 0 saturated carbocycles. The van der Waals surface area contributed by atoms with E-state index in [2.05, 4.69) is 14.1 Å². The highest BCUT2D eigenvalue weighted by atomic mass is 16.3. The van der Waals surface area contributed by atoms with E-state index in [1.807, 2.05) is 19.2 Å². The number of nitrogens with zero attached hydrogens (tertiary/aromatic N) is 1. The zero-order valence-electron chi connectivity index (χ0n) is 6.96. The Balaban J connectivity index is 2.70. The van der Waals surface area contributed by atoms with E-state index in [0.717, 1.165) is 17.4 Å². The van der Waals surface area contributed by atoms with Gasteiger partial charge in [-0.1, -0.05) is 0 Å². The largest absolute Gasteiger partial charge is 0.386 e. The van der Waals surface area contributed by atoms with Gasteiger partial charge in [-0.3, -0.25) is 0 Å². The van der Waals surface area contributed by atoms with Crippen molar-refractivity contribution in [2.45, 2.75) is 18.9 Å². The molecule has 0 bridgehead atoms. The Bertz CT molecular complexity index is 141. The predicted molar refractivity (Wildman–Crippen MR) is 41.4 cm³/mol. The fourth-order valence-electron chi connectivity index (χ4n) is 1.03. The SMILES string of the molecule is CC1(O)C=C[N+](C)(C)CC1. The second-order valence-corrected chi connectivity index (χ2v) is 3.93. The molecule has 1 atom stereocenters. The lowest BCUT2D eigenvalue weighted by Gasteiger charge is -2.33. The van der Waals surface area contributed by atoms with Crippen LogP contribution >= 0.6 is 0 Å². The molecular weight excluding hydrogens is 126 g/mol. The minimum absolute atomic E-state index is 0.562. The predicted octanol–water partition coefficient (Wildman–Crippen LogP) is 0.731. The molecule has 0 fully saturated rings. The summed E-state index contributed by atoms with van der Waals surface area (Å²) in [6.07, 6.45) is 4.79. The quantitative estimate of drug-likeness (QED) is 0.494. The van der Waals surface area contributed by atoms with Crippen LogP contribution in [0, 0.1) is 0 Å². The summed E-state index contributed by atoms with van der Waals surface area (Å²) >= 11 is 0. The molecular formula is C8H16NO+. The van der Waals surface area contributed by atoms with Crippen molar-refractivity contribution in [1.29, 1.82) is 0 Å². The lowest BCUT2D eigenvalue weighted by Crippen LogP contribution is -2.43. The number of aliphatic hydroxyl groups is 1. The Kier molecular flexibility index (Phi) is 1.61. The average Bonchev–Trinajstić information content (AvgIpc) is 1.79. The standard InChI is InChI=1S/C8H16NO/c1-8(10)4-6-9(2,3)7-5-8/h4,6,10H,5,7H2,1-3H3/q+1. The van der Waals surface area contributed by atoms with Crippen molar-refractivity contribution in [3.05, 3.63) is 12.3 Å². The summed E-state index contributed by atoms with van der Waals surface area (Å²) in [5.74, 6) is 0. The van der Waals surface area contributed by atoms with E-state index >= 15 is 0 Å². The lowest BCUT2D eigenvalue weighted by molar-refractivity contribution is -0.842. The van der Waals surface area contributed by atoms with E-state index in [1.165, 1.54) is 0 Å². The smallest absolute Gasteiger partial charge is 0.0942 e. The molecule has 1 aliphatic heterocycles. The van der Waals surface area contributed by atoms with Crippen molar-refractivity contribution >= 4 is 0 Å². The molecule has 1 unspecified atom stereocenters. The second kappa shape index (κ2) is 2.07. The van der Waals surface area contributed by atoms with Crippen LogP contribution in [0.3, 0.4) is 0 Å². The summed E-state index contributed by atoms with van der Waals surface area (Å²) in [6, 6.07) is 0. The summed E-state index contributed by atoms with van der Waals surface area (Å²) in [5, 5.41) is 9.51. The highest BCUT2D eigenvalue weighted by molar-refractivity contribution is 4.97. The molecule has 0 radical (unpaired) electrons. The van der Waals surface area contributed by atoms with E-state index in [4.69, 9.17) is 0 Å². The summed E-state index contributed by atoms with van der Waals surface area (Å²) < 4.78 is 0.885. The molecule has 2 nitrogen and oxygen atoms in total. The van der Waals surface area contributed by atoms with Gasteiger partial charge in [-0.2, -0.15) is 0 Å². The fourth-order valence-corrected chi connectivity index (χ4v) is 1.03. The van der Waals surface area contributed by atoms with Gasteiger partial charge < -0.3 is 9.59 Å². The Hall–Kier alpha value is -0.340. The van der Waals surface area contributed by atoms with Gasteiger partial charge in [0.1, 0.15) is 0 Å². The van der Waals surface area contributed by atoms with Crippen molar-refractivity contribution in [2.24, 2.45) is 0 Å². The molecule has 10 heavy (non-hydrogen) atoms. The summed E-state index contributed by atoms with van der Waals surface area (Å²) in [5.41, 5.74) is -0.562. The van der Waals surface area contributed by atoms with Gasteiger partial charge in [-0.15, -0.1) is 0 Å². The van der Waals surface area contributed by atoms with E-state index in [0.29, 0.717) is 0 Å². The van der Waals surface area contributed by atoms with Crippen LogP contribution in [0.5, 0.6) is 0 Å². The Morgan fingerprint density at radius 1 is 1.50 bits per heavy atom. The van der Waals surface area contributed by atoms with Crippen molar-refractivity contribution in [3.8, 4) is 0 Å². The van der Waals surface area contributed by atoms with E-state index in [9.17, 15) is 5.11 Å². The monoisotopic (exact) mass is 142 g/mol. The average molecular weight is 142 g/mol. The molecule has 2 heteroatoms. The molecule has 0 amide bonds. The zero-order chi connectivity index (χ0) is 7.83. The zero-order valence-corrected chi connectivity index (χ0v) is 6.96. The number of hydrogen-bond donors (Lipinski definition) is 1. The minimum Gasteiger partial charge on any atom is -0.386 e. The Labute approximate surface area is 62.4 Å². The van der Waals surface area contributed by atoms with Gasteiger partial charge >= 0.3 is 0 Å². The van der Waals surface area contributed by atoms with E-state index in [-0.39, 0.29) is 0 Å². The maximum Gasteiger partial charge on any atom is 0.0942 e. The van der Waals surface area contributed by atoms with Crippen LogP contribution in [-0.2, 0) is 0 Å². The van der Waals surface area contributed by atoms with Gasteiger partial charge in [-0.05, 0) is 6.92 Å². The fraction of sp³-hybridized carbons (Fsp3) is 0.750. The maximum atomic E-state index is 9.51. The molecule has 0 aliphatic carbocycles. The van der Waals surface area contributed by atoms with Crippen LogP contribution in [0.15, 0.2) is 12.3 Å². The molecule has 0 saturated heterocycles. The summed E-state index contributed by atoms with van der Waals surface area (Å²) in [4.78, 5) is 0. The molecule has 1 heterocycles. The summed E-state index contributed by atoms with van der Waals surface area (Å²) in [6.45, 7) is 2.87. The van der Waals surface area contributed by atoms with Gasteiger partial charge in [0.05, 0.1) is 32.4 Å². The van der Waals surface area contributed by atoms with Crippen LogP contribution in [0.2, 0.25) is 0 Å². The first-order valence-corrected chi connectivity index (χ1v) is 3.67. The topological polar surface area (TPSA) is 20.2 Å². The highest BCUT2D eigenvalue weighted by Gasteiger charge is 2.27. The van der Waals surface area contributed by atoms with Gasteiger partial charge in [0.2, 0.25) is 0 Å². The van der Waals surface area contributed by atoms with Crippen molar-refractivity contribution < 1.29 is 9.59 Å². The molecule has 1 N–H and O–H groups in total. The van der Waals surface area contributed by atoms with Crippen molar-refractivity contribution in [1.82, 2.24) is 0 Å². The number of rotatable bonds is 0. The van der Waals surface area contributed by atoms with Crippen LogP contribution in [0.1, 0.15) is 13.3 Å². The molecule has 58 valence electrons. The van der Waals surface area contributed by atoms with Gasteiger partial charge in [0, 0.05) is 12.5 Å². The number of hydrogen-bond acceptors (Lipinski definition) is 1. The Morgan fingerprint density at radius 3 is 2.40 bits per heavy atom. The van der Waals surface area contributed by atoms with Gasteiger partial charge in [-0.25, -0.2) is 0 Å². The summed E-state index contributed by atoms with van der Waals surface area (Å²) in [7, 11) is 4.26. The Morgan fingerprint density at radius 2 is 2.10 bits per heavy atom. The molecule has 1 aliphatic rings. The molecule has 0 spiro atoms. The van der Waals surface area contributed by atoms with Crippen LogP contribution < -0.4 is 0 Å². The highest BCUT2D eigenvalue weighted by Crippen LogP contribution is 2.20. The van der Waals surface area contributed by atoms with Crippen molar-refractivity contribution in [2.75, 3.05) is 20.6 Å². The maximum absolute atomic E-state index is 9.51. The van der Waals surface area contributed by atoms with Crippen LogP contribution in [0.25, 0.3) is 0 Å². The van der Waals surface area contributed by atoms with Crippen molar-refractivity contribution in [3.63, 3.8) is 0 Å². The van der Waals surface area contributed by atoms with Gasteiger partial charge in [0.25, 0.3) is 0 Å². The second-order valence-electron chi connectivity index (χ2n) is 3.93. The first kappa shape index (κ1) is 7.76. The molecule has 0 aromatic heterocycles. The van der Waals surface area contributed by atoms with Crippen LogP contribution in [0.4, 0.5) is 0 Å². The first-order valence-electron chi connectivity index (χ1n) is 3.67. The van der Waals surface area contributed by atoms with E-state index < -0.39 is 5.60 Å². The molecule has 1 rings (SSSR count). The third-order valence-corrected chi connectivity index (χ3v) is 2.03. The normalized spacial score (nSPS) is 38.0. The first-order chi connectivity index (χ1) is 4.41. The minimum atomic E-state index is -0.562. The third-order valence-electron chi connectivity index (χ3n) is 2.03. The van der Waals surface area contributed by atoms with Crippen LogP contribution in [-0.4, -0.2) is 35.8 Å². The third kappa shape index (κ3) is 1.82.